The number of hydrogen-bond donors (Lipinski definition) is 3. The van der Waals surface area contributed by atoms with Crippen LogP contribution in [0.2, 0.25) is 0 Å². The van der Waals surface area contributed by atoms with Gasteiger partial charge in [-0.05, 0) is 67.8 Å². The number of anilines is 1. The number of sulfonamides is 1. The van der Waals surface area contributed by atoms with Crippen molar-refractivity contribution in [1.82, 2.24) is 10.0 Å². The van der Waals surface area contributed by atoms with Gasteiger partial charge in [-0.3, -0.25) is 4.79 Å². The number of nitrogens with one attached hydrogen (secondary N) is 2. The quantitative estimate of drug-likeness (QED) is 0.260. The normalized spacial score (nSPS) is 12.9. The maximum Gasteiger partial charge on any atom is 0.328 e. The van der Waals surface area contributed by atoms with Gasteiger partial charge in [-0.1, -0.05) is 42.0 Å². The van der Waals surface area contributed by atoms with Gasteiger partial charge in [0, 0.05) is 12.1 Å². The van der Waals surface area contributed by atoms with Crippen molar-refractivity contribution in [2.24, 2.45) is 0 Å². The summed E-state index contributed by atoms with van der Waals surface area (Å²) in [4.78, 5) is 26.1. The third-order valence-corrected chi connectivity index (χ3v) is 7.09. The smallest absolute Gasteiger partial charge is 0.328 e. The van der Waals surface area contributed by atoms with E-state index in [1.165, 1.54) is 36.4 Å². The Morgan fingerprint density at radius 2 is 1.43 bits per heavy atom. The molecule has 0 aromatic heterocycles. The van der Waals surface area contributed by atoms with Gasteiger partial charge in [-0.15, -0.1) is 0 Å². The van der Waals surface area contributed by atoms with Crippen molar-refractivity contribution in [1.29, 1.82) is 0 Å². The maximum atomic E-state index is 13.4. The van der Waals surface area contributed by atoms with Gasteiger partial charge in [-0.25, -0.2) is 17.6 Å². The number of rotatable bonds is 11. The Kier molecular flexibility index (Phi) is 9.37. The predicted octanol–water partition coefficient (Wildman–Crippen LogP) is 2.90. The number of carbonyl (C=O) groups is 2. The van der Waals surface area contributed by atoms with E-state index in [9.17, 15) is 22.4 Å². The number of hydrogen-bond acceptors (Lipinski definition) is 6. The van der Waals surface area contributed by atoms with Crippen LogP contribution in [0.4, 0.5) is 10.1 Å². The van der Waals surface area contributed by atoms with Crippen LogP contribution >= 0.6 is 0 Å². The van der Waals surface area contributed by atoms with Crippen LogP contribution in [0.3, 0.4) is 0 Å². The molecule has 0 spiro atoms. The first-order valence-corrected chi connectivity index (χ1v) is 13.2. The lowest BCUT2D eigenvalue weighted by Gasteiger charge is -2.23. The summed E-state index contributed by atoms with van der Waals surface area (Å²) in [6.45, 7) is 3.55. The van der Waals surface area contributed by atoms with Crippen LogP contribution in [0.15, 0.2) is 77.7 Å². The number of nitrogens with two attached hydrogens (primary N) is 1. The van der Waals surface area contributed by atoms with Gasteiger partial charge >= 0.3 is 5.97 Å². The van der Waals surface area contributed by atoms with E-state index in [-0.39, 0.29) is 24.3 Å². The van der Waals surface area contributed by atoms with Crippen molar-refractivity contribution in [3.8, 4) is 0 Å². The first-order valence-electron chi connectivity index (χ1n) is 11.7. The van der Waals surface area contributed by atoms with E-state index in [1.807, 2.05) is 6.92 Å². The molecule has 0 bridgehead atoms. The molecule has 0 unspecified atom stereocenters. The Morgan fingerprint density at radius 1 is 0.892 bits per heavy atom. The average molecular weight is 528 g/mol. The van der Waals surface area contributed by atoms with Gasteiger partial charge in [0.25, 0.3) is 0 Å². The molecular weight excluding hydrogens is 497 g/mol. The second kappa shape index (κ2) is 12.5. The van der Waals surface area contributed by atoms with Gasteiger partial charge in [0.2, 0.25) is 15.9 Å². The highest BCUT2D eigenvalue weighted by atomic mass is 32.2. The number of esters is 1. The Hall–Kier alpha value is -3.76. The molecule has 0 heterocycles. The van der Waals surface area contributed by atoms with Crippen LogP contribution in [-0.2, 0) is 37.2 Å². The summed E-state index contributed by atoms with van der Waals surface area (Å²) in [6, 6.07) is 16.0. The highest BCUT2D eigenvalue weighted by Gasteiger charge is 2.30. The average Bonchev–Trinajstić information content (AvgIpc) is 2.86. The fourth-order valence-corrected chi connectivity index (χ4v) is 4.81. The molecule has 1 amide bonds. The van der Waals surface area contributed by atoms with Crippen molar-refractivity contribution in [2.75, 3.05) is 12.3 Å². The number of amides is 1. The molecule has 196 valence electrons. The van der Waals surface area contributed by atoms with Gasteiger partial charge < -0.3 is 15.8 Å². The number of benzene rings is 3. The Bertz CT molecular complexity index is 1310. The Balaban J connectivity index is 1.88. The first-order chi connectivity index (χ1) is 17.6. The van der Waals surface area contributed by atoms with Crippen LogP contribution in [0, 0.1) is 12.7 Å². The lowest BCUT2D eigenvalue weighted by Crippen LogP contribution is -2.53. The van der Waals surface area contributed by atoms with Gasteiger partial charge in [0.05, 0.1) is 11.5 Å². The molecule has 4 N–H and O–H groups in total. The summed E-state index contributed by atoms with van der Waals surface area (Å²) in [7, 11) is -4.07. The predicted molar refractivity (Wildman–Crippen MR) is 139 cm³/mol. The third kappa shape index (κ3) is 8.12. The van der Waals surface area contributed by atoms with E-state index < -0.39 is 39.8 Å². The summed E-state index contributed by atoms with van der Waals surface area (Å²) < 4.78 is 47.1. The zero-order chi connectivity index (χ0) is 27.0. The number of carbonyl (C=O) groups excluding carboxylic acids is 2. The summed E-state index contributed by atoms with van der Waals surface area (Å²) in [5.41, 5.74) is 8.41. The summed E-state index contributed by atoms with van der Waals surface area (Å²) in [5, 5.41) is 2.62. The molecule has 0 saturated heterocycles. The number of ether oxygens (including phenoxy) is 1. The van der Waals surface area contributed by atoms with Crippen molar-refractivity contribution in [3.63, 3.8) is 0 Å². The highest BCUT2D eigenvalue weighted by molar-refractivity contribution is 7.89. The first kappa shape index (κ1) is 27.8. The second-order valence-corrected chi connectivity index (χ2v) is 10.3. The second-order valence-electron chi connectivity index (χ2n) is 8.58. The fourth-order valence-electron chi connectivity index (χ4n) is 3.61. The van der Waals surface area contributed by atoms with Crippen molar-refractivity contribution < 1.29 is 27.1 Å². The van der Waals surface area contributed by atoms with Gasteiger partial charge in [0.15, 0.2) is 0 Å². The molecule has 10 heteroatoms. The number of aryl methyl sites for hydroxylation is 1. The molecule has 3 aromatic rings. The molecule has 8 nitrogen and oxygen atoms in total. The van der Waals surface area contributed by atoms with Crippen LogP contribution in [0.25, 0.3) is 0 Å². The zero-order valence-electron chi connectivity index (χ0n) is 20.6. The maximum absolute atomic E-state index is 13.4. The summed E-state index contributed by atoms with van der Waals surface area (Å²) >= 11 is 0. The minimum absolute atomic E-state index is 0.00135. The van der Waals surface area contributed by atoms with Crippen molar-refractivity contribution >= 4 is 27.6 Å². The molecule has 0 radical (unpaired) electrons. The minimum atomic E-state index is -4.07. The molecule has 3 rings (SSSR count). The van der Waals surface area contributed by atoms with Gasteiger partial charge in [0.1, 0.15) is 17.9 Å². The number of nitrogen functional groups attached to an aromatic ring is 1. The van der Waals surface area contributed by atoms with E-state index >= 15 is 0 Å². The molecule has 37 heavy (non-hydrogen) atoms. The third-order valence-electron chi connectivity index (χ3n) is 5.61. The summed E-state index contributed by atoms with van der Waals surface area (Å²) in [5.74, 6) is -1.84. The lowest BCUT2D eigenvalue weighted by atomic mass is 10.0. The fraction of sp³-hybridized carbons (Fsp3) is 0.259. The standard InChI is InChI=1S/C27H30FN3O5S/c1-3-36-27(33)25(17-19-6-10-21(28)11-7-19)30-26(32)24(16-20-8-12-22(29)13-9-20)31-37(34,35)23-14-4-18(2)5-15-23/h4-15,24-25,31H,3,16-17,29H2,1-2H3,(H,30,32)/t24-,25-/m0/s1. The molecule has 3 aromatic carbocycles. The van der Waals surface area contributed by atoms with Gasteiger partial charge in [-0.2, -0.15) is 4.72 Å². The van der Waals surface area contributed by atoms with E-state index in [1.54, 1.807) is 43.3 Å². The lowest BCUT2D eigenvalue weighted by molar-refractivity contribution is -0.147. The Labute approximate surface area is 216 Å². The molecule has 0 aliphatic rings. The molecular formula is C27H30FN3O5S. The molecule has 0 aliphatic heterocycles. The summed E-state index contributed by atoms with van der Waals surface area (Å²) in [6.07, 6.45) is 0.0352. The van der Waals surface area contributed by atoms with E-state index in [2.05, 4.69) is 10.0 Å². The molecule has 0 saturated carbocycles. The SMILES string of the molecule is CCOC(=O)[C@H](Cc1ccc(F)cc1)NC(=O)[C@H](Cc1ccc(N)cc1)NS(=O)(=O)c1ccc(C)cc1. The van der Waals surface area contributed by atoms with Crippen LogP contribution in [-0.4, -0.2) is 39.0 Å². The van der Waals surface area contributed by atoms with E-state index in [4.69, 9.17) is 10.5 Å². The van der Waals surface area contributed by atoms with Crippen LogP contribution < -0.4 is 15.8 Å². The minimum Gasteiger partial charge on any atom is -0.464 e. The monoisotopic (exact) mass is 527 g/mol. The van der Waals surface area contributed by atoms with E-state index in [0.29, 0.717) is 16.8 Å². The van der Waals surface area contributed by atoms with Crippen LogP contribution in [0.1, 0.15) is 23.6 Å². The topological polar surface area (TPSA) is 128 Å². The van der Waals surface area contributed by atoms with E-state index in [0.717, 1.165) is 5.56 Å². The zero-order valence-corrected chi connectivity index (χ0v) is 21.4. The molecule has 0 fully saturated rings. The van der Waals surface area contributed by atoms with Crippen LogP contribution in [0.5, 0.6) is 0 Å². The van der Waals surface area contributed by atoms with Crippen molar-refractivity contribution in [3.05, 3.63) is 95.3 Å². The largest absolute Gasteiger partial charge is 0.464 e. The number of halogens is 1. The molecule has 2 atom stereocenters. The highest BCUT2D eigenvalue weighted by Crippen LogP contribution is 2.14. The Morgan fingerprint density at radius 3 is 2.00 bits per heavy atom. The van der Waals surface area contributed by atoms with Crippen molar-refractivity contribution in [2.45, 2.75) is 43.7 Å². The molecule has 0 aliphatic carbocycles.